The molecule has 0 saturated heterocycles. The SMILES string of the molecule is CC(=O)C=C(C)O.CC(=O)C=C(C)O.CC(=O)C=C(C)O.CC(C)(C)Cc1ccc2c(c1)c1cc(Br)c[c-]c1c1nccn21.CC(C)(C)Cc1ccc2c(c1)c1cc(Cl)c[c-]c1c1nccn21.CC(C)(C)Cc1ccc2c(c1)c1cc(F)c[c-]c1c1nccn21.Clc1c[c-]c2c(c1)c1ccccc1n1ccnc21.Fc1c[c-]c2c(c1)c1ccccc1n1ccnc21.Ic1c[c-]c2c(c1)c1ccccc1n1ccnc21.[Ir].[Ir].[Ir].[Ir].[Ir].[Ir]. The van der Waals surface area contributed by atoms with Crippen molar-refractivity contribution in [1.29, 1.82) is 0 Å². The molecule has 0 aliphatic rings. The van der Waals surface area contributed by atoms with Crippen LogP contribution in [0.2, 0.25) is 10.0 Å². The van der Waals surface area contributed by atoms with Gasteiger partial charge in [0, 0.05) is 258 Å². The standard InChI is InChI=1S/C20H18BrN2.C20H18ClN2.C20H18FN2.C15H8ClN2.C15H8FN2.C15H8IN2.3C5H8O2.6Ir/c3*1-20(2,3)12-13-4-7-18-17(10-13)16-11-14(21)5-6-15(16)19-22-8-9-23(18)19;3*16-10-5-6-12-13(9-10)11-3-1-2-4-14(11)18-8-7-17-15(12)18;3*1-4(6)3-5(2)7;;;;;;/h3*4-5,7-11H,12H2,1-3H3;3*1-5,7-9H;3*3,6H,1-2H3;;;;;;/q6*-1;;;;;;;;;. The number of aliphatic hydroxyl groups is 3. The molecule has 0 atom stereocenters. The molecule has 12 heterocycles. The zero-order valence-corrected chi connectivity index (χ0v) is 104. The largest absolute Gasteiger partial charge is 0.512 e. The van der Waals surface area contributed by atoms with Crippen molar-refractivity contribution in [2.75, 3.05) is 0 Å². The van der Waals surface area contributed by atoms with Gasteiger partial charge in [0.2, 0.25) is 0 Å². The van der Waals surface area contributed by atoms with Crippen molar-refractivity contribution in [3.05, 3.63) is 393 Å². The Kier molecular flexibility index (Phi) is 42.0. The number of fused-ring (bicyclic) bond motifs is 36. The van der Waals surface area contributed by atoms with Gasteiger partial charge in [0.1, 0.15) is 0 Å². The molecule has 12 aromatic heterocycles. The molecule has 24 aromatic rings. The van der Waals surface area contributed by atoms with E-state index in [2.05, 4.69) is 288 Å². The topological polar surface area (TPSA) is 216 Å². The summed E-state index contributed by atoms with van der Waals surface area (Å²) in [6, 6.07) is 85.5. The second kappa shape index (κ2) is 52.1. The maximum atomic E-state index is 13.8. The van der Waals surface area contributed by atoms with E-state index in [1.165, 1.54) is 130 Å². The van der Waals surface area contributed by atoms with Gasteiger partial charge in [-0.2, -0.15) is 0 Å². The number of aromatic nitrogens is 12. The second-order valence-electron chi connectivity index (χ2n) is 38.9. The first-order chi connectivity index (χ1) is 68.7. The molecular weight excluding hydrogens is 3170 g/mol. The van der Waals surface area contributed by atoms with E-state index in [4.69, 9.17) is 38.5 Å². The molecule has 3 N–H and O–H groups in total. The molecule has 0 aliphatic carbocycles. The average molecular weight is 3280 g/mol. The van der Waals surface area contributed by atoms with Crippen molar-refractivity contribution in [2.24, 2.45) is 16.2 Å². The van der Waals surface area contributed by atoms with E-state index in [1.54, 1.807) is 30.6 Å². The molecule has 12 aromatic carbocycles. The van der Waals surface area contributed by atoms with E-state index in [0.717, 1.165) is 150 Å². The van der Waals surface area contributed by atoms with Crippen LogP contribution in [0.3, 0.4) is 0 Å². The summed E-state index contributed by atoms with van der Waals surface area (Å²) in [5.74, 6) is -0.730. The predicted octanol–water partition coefficient (Wildman–Crippen LogP) is 31.5. The van der Waals surface area contributed by atoms with Crippen LogP contribution in [0.25, 0.3) is 164 Å². The summed E-state index contributed by atoms with van der Waals surface area (Å²) in [7, 11) is 0. The molecule has 24 rings (SSSR count). The molecule has 0 amide bonds. The van der Waals surface area contributed by atoms with Crippen LogP contribution >= 0.6 is 61.7 Å². The Morgan fingerprint density at radius 1 is 0.320 bits per heavy atom. The first kappa shape index (κ1) is 121. The summed E-state index contributed by atoms with van der Waals surface area (Å²) in [4.78, 5) is 56.7. The minimum absolute atomic E-state index is 0. The number of benzene rings is 12. The number of carbonyl (C=O) groups excluding carboxylic acids is 3. The number of hydrogen-bond donors (Lipinski definition) is 3. The molecule has 18 nitrogen and oxygen atoms in total. The summed E-state index contributed by atoms with van der Waals surface area (Å²) in [5.41, 5.74) is 16.8. The van der Waals surface area contributed by atoms with E-state index in [-0.39, 0.29) is 183 Å². The van der Waals surface area contributed by atoms with Gasteiger partial charge in [-0.1, -0.05) is 204 Å². The van der Waals surface area contributed by atoms with Gasteiger partial charge in [-0.25, -0.2) is 0 Å². The summed E-state index contributed by atoms with van der Waals surface area (Å²) in [6.45, 7) is 28.8. The van der Waals surface area contributed by atoms with E-state index in [9.17, 15) is 23.2 Å². The zero-order valence-electron chi connectivity index (χ0n) is 84.0. The van der Waals surface area contributed by atoms with Crippen LogP contribution in [-0.2, 0) is 154 Å². The number of halogens is 6. The Balaban J connectivity index is 0.000000176. The smallest absolute Gasteiger partial charge is 0.155 e. The summed E-state index contributed by atoms with van der Waals surface area (Å²) in [5, 5.41) is 45.6. The monoisotopic (exact) mass is 3280 g/mol. The fourth-order valence-corrected chi connectivity index (χ4v) is 19.3. The average Bonchev–Trinajstić information content (AvgIpc) is 1.48. The van der Waals surface area contributed by atoms with Crippen LogP contribution in [0, 0.1) is 67.8 Å². The van der Waals surface area contributed by atoms with Gasteiger partial charge in [0.05, 0.1) is 51.2 Å². The Morgan fingerprint density at radius 2 is 0.553 bits per heavy atom. The molecule has 0 saturated carbocycles. The van der Waals surface area contributed by atoms with Crippen molar-refractivity contribution in [3.8, 4) is 0 Å². The fourth-order valence-electron chi connectivity index (χ4n) is 18.1. The van der Waals surface area contributed by atoms with Crippen LogP contribution < -0.4 is 0 Å². The zero-order chi connectivity index (χ0) is 102. The van der Waals surface area contributed by atoms with Gasteiger partial charge in [0.15, 0.2) is 17.3 Å². The molecular formula is C120H102BrCl2F2IIr6N12O6-6. The summed E-state index contributed by atoms with van der Waals surface area (Å²) < 4.78 is 42.0. The minimum atomic E-state index is -0.274. The molecule has 0 spiro atoms. The number of hydrogen-bond acceptors (Lipinski definition) is 12. The number of carbonyl (C=O) groups is 3. The minimum Gasteiger partial charge on any atom is -0.512 e. The van der Waals surface area contributed by atoms with Gasteiger partial charge in [-0.05, 0) is 173 Å². The van der Waals surface area contributed by atoms with E-state index < -0.39 is 0 Å². The second-order valence-corrected chi connectivity index (χ2v) is 41.9. The Hall–Kier alpha value is -10.9. The third-order valence-corrected chi connectivity index (χ3v) is 24.8. The first-order valence-electron chi connectivity index (χ1n) is 46.5. The Bertz CT molecular complexity index is 8380. The number of para-hydroxylation sites is 3. The summed E-state index contributed by atoms with van der Waals surface area (Å²) in [6.07, 6.45) is 29.3. The van der Waals surface area contributed by atoms with Gasteiger partial charge in [0.25, 0.3) is 0 Å². The van der Waals surface area contributed by atoms with Crippen molar-refractivity contribution in [3.63, 3.8) is 0 Å². The van der Waals surface area contributed by atoms with Crippen molar-refractivity contribution < 1.29 is 159 Å². The fraction of sp³-hybridized carbons (Fsp3) is 0.175. The number of imidazole rings is 6. The van der Waals surface area contributed by atoms with E-state index in [0.29, 0.717) is 10.0 Å². The van der Waals surface area contributed by atoms with Crippen LogP contribution in [-0.4, -0.2) is 89.0 Å². The van der Waals surface area contributed by atoms with Crippen molar-refractivity contribution >= 4 is 243 Å². The van der Waals surface area contributed by atoms with Gasteiger partial charge in [-0.3, -0.25) is 53.1 Å². The third-order valence-electron chi connectivity index (χ3n) is 23.3. The molecule has 0 unspecified atom stereocenters. The van der Waals surface area contributed by atoms with Crippen molar-refractivity contribution in [2.45, 2.75) is 123 Å². The van der Waals surface area contributed by atoms with Crippen LogP contribution in [0.1, 0.15) is 121 Å². The van der Waals surface area contributed by atoms with Gasteiger partial charge < -0.3 is 41.7 Å². The molecule has 0 fully saturated rings. The van der Waals surface area contributed by atoms with E-state index >= 15 is 0 Å². The van der Waals surface area contributed by atoms with Gasteiger partial charge in [-0.15, -0.1) is 192 Å². The summed E-state index contributed by atoms with van der Waals surface area (Å²) >= 11 is 18.2. The molecule has 30 heteroatoms. The van der Waals surface area contributed by atoms with Crippen LogP contribution in [0.15, 0.2) is 315 Å². The number of ketones is 3. The quantitative estimate of drug-likeness (QED) is 0.0466. The maximum Gasteiger partial charge on any atom is 0.155 e. The number of nitrogens with zero attached hydrogens (tertiary/aromatic N) is 12. The molecule has 6 radical (unpaired) electrons. The van der Waals surface area contributed by atoms with Crippen LogP contribution in [0.5, 0.6) is 0 Å². The third kappa shape index (κ3) is 28.6. The van der Waals surface area contributed by atoms with Crippen LogP contribution in [0.4, 0.5) is 8.78 Å². The van der Waals surface area contributed by atoms with E-state index in [1.807, 2.05) is 137 Å². The Labute approximate surface area is 980 Å². The maximum absolute atomic E-state index is 13.8. The number of aliphatic hydroxyl groups excluding tert-OH is 3. The number of rotatable bonds is 6. The van der Waals surface area contributed by atoms with Crippen molar-refractivity contribution in [1.82, 2.24) is 56.3 Å². The molecule has 780 valence electrons. The number of allylic oxidation sites excluding steroid dienone is 6. The molecule has 0 aliphatic heterocycles. The van der Waals surface area contributed by atoms with Gasteiger partial charge >= 0.3 is 0 Å². The number of pyridine rings is 6. The normalized spacial score (nSPS) is 11.5. The Morgan fingerprint density at radius 3 is 0.827 bits per heavy atom. The first-order valence-corrected chi connectivity index (χ1v) is 49.1. The molecule has 150 heavy (non-hydrogen) atoms. The predicted molar refractivity (Wildman–Crippen MR) is 595 cm³/mol. The molecule has 0 bridgehead atoms.